The highest BCUT2D eigenvalue weighted by molar-refractivity contribution is 14.1. The molecule has 0 amide bonds. The van der Waals surface area contributed by atoms with Gasteiger partial charge in [0.15, 0.2) is 0 Å². The molecule has 1 nitrogen and oxygen atoms in total. The minimum atomic E-state index is 0.603. The molecule has 1 aliphatic rings. The largest absolute Gasteiger partial charge is 0.310 e. The summed E-state index contributed by atoms with van der Waals surface area (Å²) in [5, 5.41) is 3.39. The van der Waals surface area contributed by atoms with E-state index >= 15 is 0 Å². The fourth-order valence-corrected chi connectivity index (χ4v) is 2.09. The molecule has 0 aliphatic carbocycles. The van der Waals surface area contributed by atoms with Crippen molar-refractivity contribution in [2.45, 2.75) is 12.5 Å². The fourth-order valence-electron chi connectivity index (χ4n) is 1.30. The summed E-state index contributed by atoms with van der Waals surface area (Å²) in [6, 6.07) is 7.15. The van der Waals surface area contributed by atoms with E-state index in [1.165, 1.54) is 20.0 Å². The molecule has 0 saturated carbocycles. The van der Waals surface area contributed by atoms with E-state index in [9.17, 15) is 0 Å². The van der Waals surface area contributed by atoms with Crippen molar-refractivity contribution in [1.82, 2.24) is 5.32 Å². The highest BCUT2D eigenvalue weighted by atomic mass is 127. The smallest absolute Gasteiger partial charge is 0.0332 e. The number of benzene rings is 1. The zero-order chi connectivity index (χ0) is 8.55. The lowest BCUT2D eigenvalue weighted by Gasteiger charge is -2.28. The van der Waals surface area contributed by atoms with Gasteiger partial charge in [-0.05, 0) is 69.2 Å². The van der Waals surface area contributed by atoms with E-state index in [4.69, 9.17) is 0 Å². The second kappa shape index (κ2) is 3.64. The number of halogens is 2. The predicted octanol–water partition coefficient (Wildman–Crippen LogP) is 3.09. The highest BCUT2D eigenvalue weighted by Crippen LogP contribution is 2.27. The van der Waals surface area contributed by atoms with Crippen molar-refractivity contribution in [1.29, 1.82) is 0 Å². The number of nitrogens with one attached hydrogen (secondary N) is 1. The molecule has 1 atom stereocenters. The van der Waals surface area contributed by atoms with Gasteiger partial charge in [0.25, 0.3) is 0 Å². The van der Waals surface area contributed by atoms with E-state index in [2.05, 4.69) is 62.0 Å². The van der Waals surface area contributed by atoms with Crippen molar-refractivity contribution in [2.75, 3.05) is 6.54 Å². The molecule has 0 bridgehead atoms. The van der Waals surface area contributed by atoms with Gasteiger partial charge < -0.3 is 5.32 Å². The van der Waals surface area contributed by atoms with Crippen LogP contribution in [-0.2, 0) is 0 Å². The summed E-state index contributed by atoms with van der Waals surface area (Å²) >= 11 is 5.84. The topological polar surface area (TPSA) is 12.0 Å². The van der Waals surface area contributed by atoms with Gasteiger partial charge in [-0.2, -0.15) is 0 Å². The Morgan fingerprint density at radius 2 is 2.25 bits per heavy atom. The number of hydrogen-bond acceptors (Lipinski definition) is 1. The molecular weight excluding hydrogens is 329 g/mol. The molecule has 1 aliphatic heterocycles. The van der Waals surface area contributed by atoms with Crippen LogP contribution in [0.5, 0.6) is 0 Å². The summed E-state index contributed by atoms with van der Waals surface area (Å²) in [6.45, 7) is 1.16. The summed E-state index contributed by atoms with van der Waals surface area (Å²) < 4.78 is 2.48. The summed E-state index contributed by atoms with van der Waals surface area (Å²) in [5.74, 6) is 0. The molecule has 1 heterocycles. The minimum Gasteiger partial charge on any atom is -0.310 e. The molecule has 0 unspecified atom stereocenters. The lowest BCUT2D eigenvalue weighted by atomic mass is 9.98. The van der Waals surface area contributed by atoms with Gasteiger partial charge in [0.1, 0.15) is 0 Å². The van der Waals surface area contributed by atoms with Crippen molar-refractivity contribution < 1.29 is 0 Å². The third-order valence-corrected chi connectivity index (χ3v) is 4.50. The first-order chi connectivity index (χ1) is 5.77. The van der Waals surface area contributed by atoms with Crippen molar-refractivity contribution in [3.63, 3.8) is 0 Å². The Labute approximate surface area is 94.2 Å². The van der Waals surface area contributed by atoms with Crippen LogP contribution in [0.4, 0.5) is 0 Å². The van der Waals surface area contributed by atoms with Gasteiger partial charge in [0, 0.05) is 14.1 Å². The van der Waals surface area contributed by atoms with Crippen LogP contribution >= 0.6 is 38.5 Å². The lowest BCUT2D eigenvalue weighted by molar-refractivity contribution is 0.383. The van der Waals surface area contributed by atoms with Crippen molar-refractivity contribution in [3.05, 3.63) is 31.8 Å². The second-order valence-corrected chi connectivity index (χ2v) is 4.99. The van der Waals surface area contributed by atoms with E-state index in [0.29, 0.717) is 6.04 Å². The normalized spacial score (nSPS) is 22.0. The number of hydrogen-bond donors (Lipinski definition) is 1. The Morgan fingerprint density at radius 1 is 1.50 bits per heavy atom. The van der Waals surface area contributed by atoms with Gasteiger partial charge in [-0.25, -0.2) is 0 Å². The summed E-state index contributed by atoms with van der Waals surface area (Å²) in [6.07, 6.45) is 1.28. The molecule has 1 aromatic carbocycles. The van der Waals surface area contributed by atoms with E-state index in [1.54, 1.807) is 0 Å². The van der Waals surface area contributed by atoms with Gasteiger partial charge in [-0.1, -0.05) is 6.07 Å². The summed E-state index contributed by atoms with van der Waals surface area (Å²) in [4.78, 5) is 0. The van der Waals surface area contributed by atoms with E-state index in [0.717, 1.165) is 6.54 Å². The summed E-state index contributed by atoms with van der Waals surface area (Å²) in [7, 11) is 0. The average Bonchev–Trinajstić information content (AvgIpc) is 1.93. The first-order valence-electron chi connectivity index (χ1n) is 3.96. The molecule has 12 heavy (non-hydrogen) atoms. The first-order valence-corrected chi connectivity index (χ1v) is 5.83. The van der Waals surface area contributed by atoms with E-state index in [-0.39, 0.29) is 0 Å². The van der Waals surface area contributed by atoms with Gasteiger partial charge in [0.2, 0.25) is 0 Å². The average molecular weight is 338 g/mol. The van der Waals surface area contributed by atoms with Crippen LogP contribution in [0.2, 0.25) is 0 Å². The Bertz CT molecular complexity index is 297. The second-order valence-electron chi connectivity index (χ2n) is 2.97. The highest BCUT2D eigenvalue weighted by Gasteiger charge is 2.18. The molecule has 1 saturated heterocycles. The Balaban J connectivity index is 2.27. The van der Waals surface area contributed by atoms with Crippen LogP contribution in [0.25, 0.3) is 0 Å². The van der Waals surface area contributed by atoms with Crippen molar-refractivity contribution >= 4 is 38.5 Å². The maximum Gasteiger partial charge on any atom is 0.0332 e. The predicted molar refractivity (Wildman–Crippen MR) is 62.2 cm³/mol. The molecule has 1 N–H and O–H groups in total. The maximum atomic E-state index is 3.49. The van der Waals surface area contributed by atoms with Crippen LogP contribution in [0.15, 0.2) is 22.7 Å². The van der Waals surface area contributed by atoms with Crippen LogP contribution in [0.3, 0.4) is 0 Å². The molecule has 64 valence electrons. The van der Waals surface area contributed by atoms with Gasteiger partial charge >= 0.3 is 0 Å². The lowest BCUT2D eigenvalue weighted by Crippen LogP contribution is -2.34. The summed E-state index contributed by atoms with van der Waals surface area (Å²) in [5.41, 5.74) is 1.41. The number of rotatable bonds is 1. The van der Waals surface area contributed by atoms with Gasteiger partial charge in [0.05, 0.1) is 0 Å². The molecule has 0 aromatic heterocycles. The first kappa shape index (κ1) is 8.97. The molecule has 0 radical (unpaired) electrons. The maximum absolute atomic E-state index is 3.49. The molecular formula is C9H9BrIN. The van der Waals surface area contributed by atoms with Gasteiger partial charge in [-0.15, -0.1) is 0 Å². The third-order valence-electron chi connectivity index (χ3n) is 2.17. The van der Waals surface area contributed by atoms with Crippen molar-refractivity contribution in [3.8, 4) is 0 Å². The molecule has 3 heteroatoms. The van der Waals surface area contributed by atoms with Gasteiger partial charge in [-0.3, -0.25) is 0 Å². The fraction of sp³-hybridized carbons (Fsp3) is 0.333. The Hall–Kier alpha value is 0.390. The monoisotopic (exact) mass is 337 g/mol. The molecule has 0 spiro atoms. The molecule has 1 aromatic rings. The Kier molecular flexibility index (Phi) is 2.72. The van der Waals surface area contributed by atoms with Crippen LogP contribution < -0.4 is 5.32 Å². The Morgan fingerprint density at radius 3 is 2.75 bits per heavy atom. The van der Waals surface area contributed by atoms with Crippen LogP contribution in [0.1, 0.15) is 18.0 Å². The zero-order valence-corrected chi connectivity index (χ0v) is 10.2. The standard InChI is InChI=1S/C9H9BrIN/c10-7-2-1-6(5-8(7)11)9-3-4-12-9/h1-2,5,9,12H,3-4H2/t9-/m1/s1. The van der Waals surface area contributed by atoms with E-state index < -0.39 is 0 Å². The van der Waals surface area contributed by atoms with E-state index in [1.807, 2.05) is 0 Å². The quantitative estimate of drug-likeness (QED) is 0.776. The SMILES string of the molecule is Brc1ccc([C@H]2CCN2)cc1I. The van der Waals surface area contributed by atoms with Crippen molar-refractivity contribution in [2.24, 2.45) is 0 Å². The van der Waals surface area contributed by atoms with Crippen LogP contribution in [0, 0.1) is 3.57 Å². The van der Waals surface area contributed by atoms with Crippen LogP contribution in [-0.4, -0.2) is 6.54 Å². The molecule has 1 fully saturated rings. The minimum absolute atomic E-state index is 0.603. The zero-order valence-electron chi connectivity index (χ0n) is 6.48. The molecule has 2 rings (SSSR count). The third kappa shape index (κ3) is 1.67.